The lowest BCUT2D eigenvalue weighted by Crippen LogP contribution is -2.44. The second-order valence-corrected chi connectivity index (χ2v) is 7.83. The number of hydrogen-bond acceptors (Lipinski definition) is 5. The van der Waals surface area contributed by atoms with Crippen LogP contribution < -0.4 is 11.2 Å². The van der Waals surface area contributed by atoms with Gasteiger partial charge in [0.25, 0.3) is 5.56 Å². The molecule has 8 nitrogen and oxygen atoms in total. The Bertz CT molecular complexity index is 1140. The number of nitrogens with zero attached hydrogens (tertiary/aromatic N) is 5. The second-order valence-electron chi connectivity index (χ2n) is 6.03. The average molecular weight is 408 g/mol. The summed E-state index contributed by atoms with van der Waals surface area (Å²) in [5, 5.41) is 0. The molecule has 142 valence electrons. The first-order valence-corrected chi connectivity index (χ1v) is 9.26. The zero-order valence-corrected chi connectivity index (χ0v) is 16.5. The lowest BCUT2D eigenvalue weighted by Gasteiger charge is -2.21. The predicted octanol–water partition coefficient (Wildman–Crippen LogP) is 1.36. The van der Waals surface area contributed by atoms with Gasteiger partial charge < -0.3 is 9.47 Å². The number of rotatable bonds is 6. The van der Waals surface area contributed by atoms with Gasteiger partial charge in [-0.25, -0.2) is 14.3 Å². The Labute approximate surface area is 163 Å². The van der Waals surface area contributed by atoms with E-state index in [1.165, 1.54) is 38.7 Å². The van der Waals surface area contributed by atoms with Crippen molar-refractivity contribution in [1.29, 1.82) is 0 Å². The van der Waals surface area contributed by atoms with Crippen LogP contribution in [0.5, 0.6) is 0 Å². The topological polar surface area (TPSA) is 82.1 Å². The molecule has 0 spiro atoms. The third kappa shape index (κ3) is 3.60. The molecule has 0 unspecified atom stereocenters. The maximum Gasteiger partial charge on any atom is 0.332 e. The van der Waals surface area contributed by atoms with E-state index in [0.29, 0.717) is 10.9 Å². The molecule has 0 aliphatic rings. The molecule has 10 heteroatoms. The van der Waals surface area contributed by atoms with Crippen molar-refractivity contribution >= 4 is 40.0 Å². The number of fused-ring (bicyclic) bond motifs is 1. The van der Waals surface area contributed by atoms with E-state index in [2.05, 4.69) is 11.6 Å². The smallest absolute Gasteiger partial charge is 0.332 e. The van der Waals surface area contributed by atoms with E-state index in [9.17, 15) is 14.4 Å². The first kappa shape index (κ1) is 19.1. The van der Waals surface area contributed by atoms with E-state index < -0.39 is 11.2 Å². The minimum atomic E-state index is -0.586. The van der Waals surface area contributed by atoms with Gasteiger partial charge in [-0.05, 0) is 12.1 Å². The minimum absolute atomic E-state index is 0.269. The summed E-state index contributed by atoms with van der Waals surface area (Å²) in [6.45, 7) is 3.92. The van der Waals surface area contributed by atoms with Crippen molar-refractivity contribution in [3.8, 4) is 0 Å². The van der Waals surface area contributed by atoms with Gasteiger partial charge in [0, 0.05) is 25.5 Å². The van der Waals surface area contributed by atoms with Gasteiger partial charge in [-0.1, -0.05) is 17.7 Å². The summed E-state index contributed by atoms with van der Waals surface area (Å²) < 4.78 is 4.36. The van der Waals surface area contributed by atoms with Gasteiger partial charge in [0.15, 0.2) is 11.2 Å². The first-order chi connectivity index (χ1) is 12.8. The van der Waals surface area contributed by atoms with Crippen LogP contribution in [0.1, 0.15) is 4.88 Å². The molecule has 0 radical (unpaired) electrons. The van der Waals surface area contributed by atoms with Crippen LogP contribution in [0.25, 0.3) is 11.2 Å². The number of halogens is 1. The molecule has 0 aliphatic carbocycles. The van der Waals surface area contributed by atoms with Crippen LogP contribution in [0.4, 0.5) is 0 Å². The number of carbonyl (C=O) groups is 1. The Hall–Kier alpha value is -2.65. The van der Waals surface area contributed by atoms with E-state index in [0.717, 1.165) is 9.44 Å². The van der Waals surface area contributed by atoms with Crippen LogP contribution >= 0.6 is 22.9 Å². The molecule has 0 bridgehead atoms. The number of aromatic nitrogens is 4. The summed E-state index contributed by atoms with van der Waals surface area (Å²) in [6, 6.07) is 3.60. The number of amides is 1. The lowest BCUT2D eigenvalue weighted by atomic mass is 10.3. The first-order valence-electron chi connectivity index (χ1n) is 8.07. The molecule has 1 amide bonds. The Morgan fingerprint density at radius 1 is 1.37 bits per heavy atom. The molecule has 3 aromatic rings. The van der Waals surface area contributed by atoms with Gasteiger partial charge in [0.1, 0.15) is 6.54 Å². The van der Waals surface area contributed by atoms with Crippen LogP contribution in [0.2, 0.25) is 4.34 Å². The molecule has 0 aromatic carbocycles. The Kier molecular flexibility index (Phi) is 5.33. The molecular formula is C17H18ClN5O3S. The maximum absolute atomic E-state index is 12.8. The standard InChI is InChI=1S/C17H18ClN5O3S/c1-4-7-22(8-11-5-6-12(18)27-11)13(24)9-23-16(25)14-15(19-10-20(14)2)21(3)17(23)26/h4-6,10H,1,7-9H2,2-3H3. The van der Waals surface area contributed by atoms with Gasteiger partial charge in [0.05, 0.1) is 17.2 Å². The monoisotopic (exact) mass is 407 g/mol. The van der Waals surface area contributed by atoms with Gasteiger partial charge in [-0.3, -0.25) is 14.2 Å². The number of hydrogen-bond donors (Lipinski definition) is 0. The van der Waals surface area contributed by atoms with Crippen LogP contribution in [0.15, 0.2) is 40.7 Å². The summed E-state index contributed by atoms with van der Waals surface area (Å²) in [5.74, 6) is -0.361. The van der Waals surface area contributed by atoms with Crippen molar-refractivity contribution in [2.75, 3.05) is 6.54 Å². The largest absolute Gasteiger partial charge is 0.332 e. The van der Waals surface area contributed by atoms with Crippen molar-refractivity contribution in [3.05, 3.63) is 61.2 Å². The zero-order chi connectivity index (χ0) is 19.7. The molecule has 0 atom stereocenters. The molecule has 3 rings (SSSR count). The Balaban J connectivity index is 1.96. The molecule has 0 saturated heterocycles. The van der Waals surface area contributed by atoms with Crippen LogP contribution in [-0.2, 0) is 32.0 Å². The van der Waals surface area contributed by atoms with Crippen molar-refractivity contribution in [2.24, 2.45) is 14.1 Å². The van der Waals surface area contributed by atoms with Crippen molar-refractivity contribution in [3.63, 3.8) is 0 Å². The number of carbonyl (C=O) groups excluding carboxylic acids is 1. The highest BCUT2D eigenvalue weighted by atomic mass is 35.5. The van der Waals surface area contributed by atoms with Gasteiger partial charge in [-0.15, -0.1) is 17.9 Å². The molecule has 3 aromatic heterocycles. The maximum atomic E-state index is 12.8. The normalized spacial score (nSPS) is 11.1. The van der Waals surface area contributed by atoms with Gasteiger partial charge in [-0.2, -0.15) is 0 Å². The molecular weight excluding hydrogens is 390 g/mol. The van der Waals surface area contributed by atoms with Crippen LogP contribution in [-0.4, -0.2) is 36.0 Å². The highest BCUT2D eigenvalue weighted by molar-refractivity contribution is 7.16. The summed E-state index contributed by atoms with van der Waals surface area (Å²) in [7, 11) is 3.19. The van der Waals surface area contributed by atoms with E-state index in [1.54, 1.807) is 19.2 Å². The summed E-state index contributed by atoms with van der Waals surface area (Å²) in [5.41, 5.74) is -0.575. The third-order valence-electron chi connectivity index (χ3n) is 4.17. The minimum Gasteiger partial charge on any atom is -0.332 e. The lowest BCUT2D eigenvalue weighted by molar-refractivity contribution is -0.132. The van der Waals surface area contributed by atoms with E-state index in [-0.39, 0.29) is 30.2 Å². The Morgan fingerprint density at radius 3 is 2.74 bits per heavy atom. The third-order valence-corrected chi connectivity index (χ3v) is 5.39. The average Bonchev–Trinajstić information content (AvgIpc) is 3.22. The second kappa shape index (κ2) is 7.53. The molecule has 0 N–H and O–H groups in total. The fourth-order valence-corrected chi connectivity index (χ4v) is 3.91. The molecule has 0 saturated carbocycles. The van der Waals surface area contributed by atoms with Crippen LogP contribution in [0.3, 0.4) is 0 Å². The summed E-state index contributed by atoms with van der Waals surface area (Å²) >= 11 is 7.32. The van der Waals surface area contributed by atoms with Gasteiger partial charge in [0.2, 0.25) is 5.91 Å². The fourth-order valence-electron chi connectivity index (χ4n) is 2.81. The van der Waals surface area contributed by atoms with Crippen molar-refractivity contribution < 1.29 is 4.79 Å². The molecule has 27 heavy (non-hydrogen) atoms. The molecule has 0 fully saturated rings. The van der Waals surface area contributed by atoms with E-state index >= 15 is 0 Å². The summed E-state index contributed by atoms with van der Waals surface area (Å²) in [6.07, 6.45) is 3.06. The number of thiophene rings is 1. The SMILES string of the molecule is C=CCN(Cc1ccc(Cl)s1)C(=O)Cn1c(=O)c2c(ncn2C)n(C)c1=O. The van der Waals surface area contributed by atoms with Gasteiger partial charge >= 0.3 is 5.69 Å². The fraction of sp³-hybridized carbons (Fsp3) is 0.294. The number of aryl methyl sites for hydroxylation is 2. The number of imidazole rings is 1. The Morgan fingerprint density at radius 2 is 2.11 bits per heavy atom. The van der Waals surface area contributed by atoms with Crippen molar-refractivity contribution in [1.82, 2.24) is 23.6 Å². The molecule has 3 heterocycles. The zero-order valence-electron chi connectivity index (χ0n) is 14.9. The van der Waals surface area contributed by atoms with E-state index in [4.69, 9.17) is 11.6 Å². The highest BCUT2D eigenvalue weighted by Gasteiger charge is 2.20. The van der Waals surface area contributed by atoms with Crippen LogP contribution in [0, 0.1) is 0 Å². The van der Waals surface area contributed by atoms with Crippen molar-refractivity contribution in [2.45, 2.75) is 13.1 Å². The van der Waals surface area contributed by atoms with E-state index in [1.807, 2.05) is 6.07 Å². The molecule has 0 aliphatic heterocycles. The summed E-state index contributed by atoms with van der Waals surface area (Å²) in [4.78, 5) is 44.6. The highest BCUT2D eigenvalue weighted by Crippen LogP contribution is 2.22. The predicted molar refractivity (Wildman–Crippen MR) is 105 cm³/mol. The quantitative estimate of drug-likeness (QED) is 0.578.